The van der Waals surface area contributed by atoms with Crippen LogP contribution < -0.4 is 5.32 Å². The van der Waals surface area contributed by atoms with Crippen LogP contribution in [0, 0.1) is 17.3 Å². The van der Waals surface area contributed by atoms with Gasteiger partial charge in [0, 0.05) is 0 Å². The number of para-hydroxylation sites is 1. The van der Waals surface area contributed by atoms with E-state index in [1.807, 2.05) is 35.3 Å². The number of carbonyl (C=O) groups is 1. The average Bonchev–Trinajstić information content (AvgIpc) is 3.30. The molecule has 1 amide bonds. The third-order valence-electron chi connectivity index (χ3n) is 6.93. The van der Waals surface area contributed by atoms with Crippen molar-refractivity contribution in [3.05, 3.63) is 36.9 Å². The number of fused-ring (bicyclic) bond motifs is 1. The molecule has 0 radical (unpaired) electrons. The van der Waals surface area contributed by atoms with E-state index >= 15 is 0 Å². The summed E-state index contributed by atoms with van der Waals surface area (Å²) in [5.74, 6) is 1.37. The van der Waals surface area contributed by atoms with Crippen molar-refractivity contribution in [2.75, 3.05) is 5.32 Å². The summed E-state index contributed by atoms with van der Waals surface area (Å²) < 4.78 is 3.15. The second kappa shape index (κ2) is 5.38. The van der Waals surface area contributed by atoms with Crippen LogP contribution in [-0.4, -0.2) is 25.7 Å². The molecule has 0 aliphatic heterocycles. The van der Waals surface area contributed by atoms with E-state index in [9.17, 15) is 4.79 Å². The van der Waals surface area contributed by atoms with Gasteiger partial charge < -0.3 is 5.32 Å². The zero-order valence-electron chi connectivity index (χ0n) is 15.0. The summed E-state index contributed by atoms with van der Waals surface area (Å²) in [4.78, 5) is 22.3. The summed E-state index contributed by atoms with van der Waals surface area (Å²) in [5, 5.41) is 8.36. The number of amides is 1. The van der Waals surface area contributed by atoms with E-state index in [4.69, 9.17) is 0 Å². The Bertz CT molecular complexity index is 979. The molecule has 2 heterocycles. The fourth-order valence-corrected chi connectivity index (χ4v) is 7.22. The molecule has 4 saturated carbocycles. The molecule has 1 aromatic carbocycles. The highest BCUT2D eigenvalue weighted by Gasteiger charge is 2.61. The molecule has 138 valence electrons. The Morgan fingerprint density at radius 1 is 1.19 bits per heavy atom. The van der Waals surface area contributed by atoms with Crippen LogP contribution in [0.2, 0.25) is 0 Å². The van der Waals surface area contributed by atoms with Gasteiger partial charge in [0.15, 0.2) is 5.13 Å². The largest absolute Gasteiger partial charge is 0.301 e. The molecule has 3 aromatic rings. The van der Waals surface area contributed by atoms with Gasteiger partial charge in [-0.15, -0.1) is 0 Å². The molecule has 4 fully saturated rings. The number of carbonyl (C=O) groups excluding carboxylic acids is 1. The van der Waals surface area contributed by atoms with Crippen LogP contribution in [0.1, 0.15) is 38.5 Å². The van der Waals surface area contributed by atoms with E-state index < -0.39 is 0 Å². The van der Waals surface area contributed by atoms with Crippen LogP contribution in [0.4, 0.5) is 5.13 Å². The molecule has 4 aliphatic carbocycles. The first-order valence-electron chi connectivity index (χ1n) is 9.66. The number of nitrogens with zero attached hydrogens (tertiary/aromatic N) is 4. The molecule has 6 nitrogen and oxygen atoms in total. The number of aromatic nitrogens is 4. The van der Waals surface area contributed by atoms with Crippen molar-refractivity contribution in [3.63, 3.8) is 0 Å². The van der Waals surface area contributed by atoms with Gasteiger partial charge in [0.1, 0.15) is 12.7 Å². The van der Waals surface area contributed by atoms with Gasteiger partial charge in [0.25, 0.3) is 0 Å². The second-order valence-electron chi connectivity index (χ2n) is 8.75. The van der Waals surface area contributed by atoms with Crippen LogP contribution >= 0.6 is 11.3 Å². The molecule has 2 atom stereocenters. The quantitative estimate of drug-likeness (QED) is 0.751. The SMILES string of the molecule is O=C(Nc1nc2ccccc2s1)C12CC3CC(C1)CC(n1cncn1)(C3)C2. The molecule has 2 unspecified atom stereocenters. The molecule has 7 heteroatoms. The van der Waals surface area contributed by atoms with E-state index in [1.165, 1.54) is 6.42 Å². The minimum absolute atomic E-state index is 0.0362. The number of rotatable bonds is 3. The minimum atomic E-state index is -0.298. The van der Waals surface area contributed by atoms with Gasteiger partial charge in [0.2, 0.25) is 5.91 Å². The smallest absolute Gasteiger partial charge is 0.232 e. The maximum Gasteiger partial charge on any atom is 0.232 e. The number of hydrogen-bond acceptors (Lipinski definition) is 5. The maximum atomic E-state index is 13.5. The van der Waals surface area contributed by atoms with Gasteiger partial charge in [0.05, 0.1) is 21.2 Å². The van der Waals surface area contributed by atoms with Crippen LogP contribution in [0.25, 0.3) is 10.2 Å². The maximum absolute atomic E-state index is 13.5. The lowest BCUT2D eigenvalue weighted by molar-refractivity contribution is -0.150. The van der Waals surface area contributed by atoms with Crippen molar-refractivity contribution in [1.29, 1.82) is 0 Å². The Hall–Kier alpha value is -2.28. The molecule has 0 spiro atoms. The first-order chi connectivity index (χ1) is 13.1. The minimum Gasteiger partial charge on any atom is -0.301 e. The van der Waals surface area contributed by atoms with Crippen molar-refractivity contribution in [2.24, 2.45) is 17.3 Å². The Morgan fingerprint density at radius 3 is 2.74 bits per heavy atom. The van der Waals surface area contributed by atoms with Gasteiger partial charge in [-0.25, -0.2) is 14.6 Å². The monoisotopic (exact) mass is 379 g/mol. The lowest BCUT2D eigenvalue weighted by Crippen LogP contribution is -2.60. The molecule has 4 aliphatic rings. The number of thiazole rings is 1. The predicted octanol–water partition coefficient (Wildman–Crippen LogP) is 3.82. The van der Waals surface area contributed by atoms with Crippen molar-refractivity contribution in [1.82, 2.24) is 19.7 Å². The standard InChI is InChI=1S/C20H21N5OS/c26-17(24-18-23-15-3-1-2-4-16(15)27-18)19-6-13-5-14(7-19)9-20(8-13,10-19)25-12-21-11-22-25/h1-4,11-14H,5-10H2,(H,23,24,26). The molecule has 2 aromatic heterocycles. The second-order valence-corrected chi connectivity index (χ2v) is 9.78. The van der Waals surface area contributed by atoms with Crippen LogP contribution in [0.5, 0.6) is 0 Å². The van der Waals surface area contributed by atoms with E-state index in [0.29, 0.717) is 17.0 Å². The topological polar surface area (TPSA) is 72.7 Å². The van der Waals surface area contributed by atoms with Gasteiger partial charge in [-0.3, -0.25) is 4.79 Å². The van der Waals surface area contributed by atoms with E-state index in [0.717, 1.165) is 42.3 Å². The normalized spacial score (nSPS) is 34.2. The number of nitrogens with one attached hydrogen (secondary N) is 1. The van der Waals surface area contributed by atoms with Gasteiger partial charge in [-0.05, 0) is 62.5 Å². The van der Waals surface area contributed by atoms with E-state index in [-0.39, 0.29) is 16.9 Å². The van der Waals surface area contributed by atoms with Crippen LogP contribution in [0.15, 0.2) is 36.9 Å². The zero-order chi connectivity index (χ0) is 18.1. The van der Waals surface area contributed by atoms with E-state index in [2.05, 4.69) is 20.4 Å². The Morgan fingerprint density at radius 2 is 2.00 bits per heavy atom. The lowest BCUT2D eigenvalue weighted by Gasteiger charge is -2.60. The van der Waals surface area contributed by atoms with Gasteiger partial charge in [-0.2, -0.15) is 5.10 Å². The molecule has 27 heavy (non-hydrogen) atoms. The number of hydrogen-bond donors (Lipinski definition) is 1. The first kappa shape index (κ1) is 15.7. The first-order valence-corrected chi connectivity index (χ1v) is 10.5. The molecule has 7 rings (SSSR count). The summed E-state index contributed by atoms with van der Waals surface area (Å²) >= 11 is 1.56. The summed E-state index contributed by atoms with van der Waals surface area (Å²) in [7, 11) is 0. The zero-order valence-corrected chi connectivity index (χ0v) is 15.8. The summed E-state index contributed by atoms with van der Waals surface area (Å²) in [6.45, 7) is 0. The molecule has 4 bridgehead atoms. The summed E-state index contributed by atoms with van der Waals surface area (Å²) in [6, 6.07) is 8.03. The Balaban J connectivity index is 1.34. The van der Waals surface area contributed by atoms with Crippen molar-refractivity contribution < 1.29 is 4.79 Å². The third kappa shape index (κ3) is 2.30. The van der Waals surface area contributed by atoms with E-state index in [1.54, 1.807) is 17.7 Å². The fraction of sp³-hybridized carbons (Fsp3) is 0.500. The number of benzene rings is 1. The van der Waals surface area contributed by atoms with Crippen molar-refractivity contribution in [3.8, 4) is 0 Å². The predicted molar refractivity (Wildman–Crippen MR) is 103 cm³/mol. The summed E-state index contributed by atoms with van der Waals surface area (Å²) in [5.41, 5.74) is 0.613. The highest BCUT2D eigenvalue weighted by molar-refractivity contribution is 7.22. The Kier molecular flexibility index (Phi) is 3.14. The van der Waals surface area contributed by atoms with Crippen LogP contribution in [0.3, 0.4) is 0 Å². The van der Waals surface area contributed by atoms with Crippen molar-refractivity contribution in [2.45, 2.75) is 44.1 Å². The third-order valence-corrected chi connectivity index (χ3v) is 7.88. The molecular weight excluding hydrogens is 358 g/mol. The molecule has 1 N–H and O–H groups in total. The highest BCUT2D eigenvalue weighted by atomic mass is 32.1. The number of anilines is 1. The average molecular weight is 379 g/mol. The highest BCUT2D eigenvalue weighted by Crippen LogP contribution is 2.64. The van der Waals surface area contributed by atoms with Crippen molar-refractivity contribution >= 4 is 32.6 Å². The Labute approximate surface area is 161 Å². The van der Waals surface area contributed by atoms with Gasteiger partial charge >= 0.3 is 0 Å². The fourth-order valence-electron chi connectivity index (χ4n) is 6.36. The molecular formula is C20H21N5OS. The van der Waals surface area contributed by atoms with Gasteiger partial charge in [-0.1, -0.05) is 23.5 Å². The summed E-state index contributed by atoms with van der Waals surface area (Å²) in [6.07, 6.45) is 9.83. The molecule has 0 saturated heterocycles. The van der Waals surface area contributed by atoms with Crippen LogP contribution in [-0.2, 0) is 10.3 Å². The lowest BCUT2D eigenvalue weighted by atomic mass is 9.46.